The van der Waals surface area contributed by atoms with E-state index in [9.17, 15) is 14.7 Å². The lowest BCUT2D eigenvalue weighted by molar-refractivity contribution is 0.0223. The van der Waals surface area contributed by atoms with Gasteiger partial charge in [-0.05, 0) is 75.3 Å². The fourth-order valence-electron chi connectivity index (χ4n) is 4.74. The van der Waals surface area contributed by atoms with E-state index in [4.69, 9.17) is 18.7 Å². The lowest BCUT2D eigenvalue weighted by Crippen LogP contribution is -2.39. The van der Waals surface area contributed by atoms with E-state index >= 15 is 0 Å². The number of fused-ring (bicyclic) bond motifs is 2. The number of carboxylic acid groups (broad SMARTS) is 1. The Morgan fingerprint density at radius 2 is 1.91 bits per heavy atom. The molecule has 0 saturated heterocycles. The number of pyridine rings is 1. The predicted octanol–water partition coefficient (Wildman–Crippen LogP) is 6.14. The third-order valence-electron chi connectivity index (χ3n) is 6.85. The number of nitrogens with zero attached hydrogens (tertiary/aromatic N) is 4. The van der Waals surface area contributed by atoms with Crippen molar-refractivity contribution in [2.24, 2.45) is 0 Å². The summed E-state index contributed by atoms with van der Waals surface area (Å²) < 4.78 is 25.3. The molecule has 3 aromatic heterocycles. The summed E-state index contributed by atoms with van der Waals surface area (Å²) in [7, 11) is -0.706. The second-order valence-corrected chi connectivity index (χ2v) is 17.0. The number of ether oxygens (including phenoxy) is 3. The first-order chi connectivity index (χ1) is 20.3. The summed E-state index contributed by atoms with van der Waals surface area (Å²) in [5.74, 6) is 1.15. The van der Waals surface area contributed by atoms with E-state index in [2.05, 4.69) is 28.9 Å². The zero-order valence-corrected chi connectivity index (χ0v) is 26.2. The van der Waals surface area contributed by atoms with E-state index in [1.165, 1.54) is 6.07 Å². The third kappa shape index (κ3) is 7.31. The maximum atomic E-state index is 12.7. The molecule has 1 aromatic carbocycles. The van der Waals surface area contributed by atoms with Crippen molar-refractivity contribution in [2.75, 3.05) is 37.7 Å². The minimum atomic E-state index is -1.18. The number of amides is 1. The summed E-state index contributed by atoms with van der Waals surface area (Å²) in [6.45, 7) is 7.41. The van der Waals surface area contributed by atoms with Gasteiger partial charge in [0.2, 0.25) is 0 Å². The van der Waals surface area contributed by atoms with Gasteiger partial charge in [0.05, 0.1) is 17.6 Å². The van der Waals surface area contributed by atoms with Crippen molar-refractivity contribution in [3.05, 3.63) is 59.5 Å². The molecule has 0 radical (unpaired) electrons. The summed E-state index contributed by atoms with van der Waals surface area (Å²) in [5.41, 5.74) is 2.53. The number of hydrogen-bond acceptors (Lipinski definition) is 8. The normalized spacial score (nSPS) is 14.0. The molecule has 1 N–H and O–H groups in total. The number of carbonyl (C=O) groups excluding carboxylic acids is 1. The summed E-state index contributed by atoms with van der Waals surface area (Å²) in [6, 6.07) is 8.98. The van der Waals surface area contributed by atoms with Gasteiger partial charge < -0.3 is 33.3 Å². The predicted molar refractivity (Wildman–Crippen MR) is 165 cm³/mol. The standard InChI is InChI=1S/C31H38N4O7S/c1-31(2,3)41-30(38)34-12-10-20-7-8-22(15-21(20)17-34)40-25-9-11-32-28-27(25)23(26-16-24(29(36)37)33-42-26)18-35(28)19-39-13-14-43(4,5)6/h7-9,11,15-16,18H,10,12-14,17,19H2,1-6H3,(H,36,37). The van der Waals surface area contributed by atoms with Crippen LogP contribution in [0.1, 0.15) is 42.4 Å². The largest absolute Gasteiger partial charge is 0.476 e. The van der Waals surface area contributed by atoms with E-state index in [0.29, 0.717) is 47.8 Å². The molecule has 1 amide bonds. The van der Waals surface area contributed by atoms with Crippen LogP contribution in [0.15, 0.2) is 47.2 Å². The fraction of sp³-hybridized carbons (Fsp3) is 0.419. The van der Waals surface area contributed by atoms with E-state index in [-0.39, 0.29) is 24.3 Å². The van der Waals surface area contributed by atoms with Crippen molar-refractivity contribution >= 4 is 33.1 Å². The van der Waals surface area contributed by atoms with Gasteiger partial charge in [-0.3, -0.25) is 0 Å². The fourth-order valence-corrected chi connectivity index (χ4v) is 5.36. The first-order valence-electron chi connectivity index (χ1n) is 14.0. The van der Waals surface area contributed by atoms with Crippen LogP contribution < -0.4 is 4.74 Å². The van der Waals surface area contributed by atoms with Gasteiger partial charge in [-0.2, -0.15) is 0 Å². The van der Waals surface area contributed by atoms with Gasteiger partial charge in [0.1, 0.15) is 29.5 Å². The van der Waals surface area contributed by atoms with Crippen LogP contribution in [-0.4, -0.2) is 80.0 Å². The second-order valence-electron chi connectivity index (χ2n) is 12.4. The highest BCUT2D eigenvalue weighted by Gasteiger charge is 2.27. The van der Waals surface area contributed by atoms with Gasteiger partial charge in [0.25, 0.3) is 0 Å². The molecule has 0 unspecified atom stereocenters. The number of carbonyl (C=O) groups is 2. The molecule has 4 aromatic rings. The van der Waals surface area contributed by atoms with E-state index in [0.717, 1.165) is 23.3 Å². The van der Waals surface area contributed by atoms with E-state index in [1.807, 2.05) is 49.7 Å². The van der Waals surface area contributed by atoms with Crippen molar-refractivity contribution in [3.8, 4) is 22.8 Å². The Bertz CT molecular complexity index is 1650. The number of benzene rings is 1. The van der Waals surface area contributed by atoms with Crippen molar-refractivity contribution in [1.29, 1.82) is 0 Å². The number of aromatic carboxylic acids is 1. The molecule has 43 heavy (non-hydrogen) atoms. The van der Waals surface area contributed by atoms with Crippen LogP contribution in [0.2, 0.25) is 0 Å². The highest BCUT2D eigenvalue weighted by molar-refractivity contribution is 8.32. The lowest BCUT2D eigenvalue weighted by Gasteiger charge is -2.31. The molecule has 4 heterocycles. The van der Waals surface area contributed by atoms with Crippen LogP contribution in [-0.2, 0) is 29.2 Å². The van der Waals surface area contributed by atoms with E-state index < -0.39 is 21.6 Å². The number of carboxylic acids is 1. The summed E-state index contributed by atoms with van der Waals surface area (Å²) in [6.07, 6.45) is 10.6. The highest BCUT2D eigenvalue weighted by atomic mass is 32.3. The smallest absolute Gasteiger partial charge is 0.410 e. The highest BCUT2D eigenvalue weighted by Crippen LogP contribution is 2.39. The minimum Gasteiger partial charge on any atom is -0.476 e. The zero-order chi connectivity index (χ0) is 30.9. The first kappa shape index (κ1) is 30.4. The zero-order valence-electron chi connectivity index (χ0n) is 25.4. The molecule has 5 rings (SSSR count). The minimum absolute atomic E-state index is 0.198. The second kappa shape index (κ2) is 11.9. The monoisotopic (exact) mass is 610 g/mol. The average molecular weight is 611 g/mol. The van der Waals surface area contributed by atoms with Crippen LogP contribution in [0.5, 0.6) is 11.5 Å². The van der Waals surface area contributed by atoms with Crippen molar-refractivity contribution in [2.45, 2.75) is 46.1 Å². The van der Waals surface area contributed by atoms with E-state index in [1.54, 1.807) is 17.2 Å². The van der Waals surface area contributed by atoms with Crippen LogP contribution in [0.25, 0.3) is 22.4 Å². The Balaban J connectivity index is 1.46. The molecule has 0 atom stereocenters. The molecular weight excluding hydrogens is 572 g/mol. The molecule has 1 aliphatic heterocycles. The lowest BCUT2D eigenvalue weighted by atomic mass is 10.00. The molecule has 1 aliphatic rings. The van der Waals surface area contributed by atoms with Gasteiger partial charge in [-0.25, -0.2) is 24.6 Å². The number of hydrogen-bond donors (Lipinski definition) is 1. The quantitative estimate of drug-likeness (QED) is 0.222. The number of rotatable bonds is 9. The molecule has 0 fully saturated rings. The van der Waals surface area contributed by atoms with Crippen LogP contribution in [0.4, 0.5) is 4.79 Å². The Labute approximate surface area is 252 Å². The molecule has 230 valence electrons. The molecule has 0 saturated carbocycles. The average Bonchev–Trinajstić information content (AvgIpc) is 3.55. The molecule has 0 spiro atoms. The van der Waals surface area contributed by atoms with Crippen LogP contribution in [0.3, 0.4) is 0 Å². The Morgan fingerprint density at radius 3 is 2.60 bits per heavy atom. The summed E-state index contributed by atoms with van der Waals surface area (Å²) >= 11 is 0. The molecular formula is C31H38N4O7S. The van der Waals surface area contributed by atoms with Gasteiger partial charge in [0.15, 0.2) is 11.5 Å². The maximum Gasteiger partial charge on any atom is 0.410 e. The third-order valence-corrected chi connectivity index (χ3v) is 8.25. The molecule has 0 aliphatic carbocycles. The Morgan fingerprint density at radius 1 is 1.12 bits per heavy atom. The topological polar surface area (TPSA) is 129 Å². The van der Waals surface area contributed by atoms with Gasteiger partial charge in [0, 0.05) is 37.3 Å². The first-order valence-corrected chi connectivity index (χ1v) is 17.0. The summed E-state index contributed by atoms with van der Waals surface area (Å²) in [5, 5.41) is 13.7. The van der Waals surface area contributed by atoms with Crippen molar-refractivity contribution in [1.82, 2.24) is 19.6 Å². The van der Waals surface area contributed by atoms with Crippen molar-refractivity contribution < 1.29 is 33.4 Å². The van der Waals surface area contributed by atoms with Gasteiger partial charge in [-0.1, -0.05) is 11.2 Å². The molecule has 12 heteroatoms. The Kier molecular flexibility index (Phi) is 8.44. The van der Waals surface area contributed by atoms with Crippen LogP contribution >= 0.6 is 10.0 Å². The van der Waals surface area contributed by atoms with Crippen molar-refractivity contribution in [3.63, 3.8) is 0 Å². The van der Waals surface area contributed by atoms with Gasteiger partial charge >= 0.3 is 12.1 Å². The molecule has 0 bridgehead atoms. The number of aromatic nitrogens is 3. The van der Waals surface area contributed by atoms with Gasteiger partial charge in [-0.15, -0.1) is 0 Å². The summed E-state index contributed by atoms with van der Waals surface area (Å²) in [4.78, 5) is 30.5. The molecule has 11 nitrogen and oxygen atoms in total. The van der Waals surface area contributed by atoms with Crippen LogP contribution in [0, 0.1) is 0 Å². The Hall–Kier alpha value is -4.03. The maximum absolute atomic E-state index is 12.7. The SMILES string of the molecule is CC(C)(C)OC(=O)N1CCc2ccc(Oc3ccnc4c3c(-c3cc(C(=O)O)no3)cn4COCCS(C)(C)C)cc2C1.